The van der Waals surface area contributed by atoms with Crippen LogP contribution in [0.2, 0.25) is 0 Å². The van der Waals surface area contributed by atoms with Gasteiger partial charge < -0.3 is 20.4 Å². The molecule has 6 nitrogen and oxygen atoms in total. The smallest absolute Gasteiger partial charge is 0.161 e. The Morgan fingerprint density at radius 3 is 2.62 bits per heavy atom. The highest BCUT2D eigenvalue weighted by molar-refractivity contribution is 5.82. The molecule has 3 N–H and O–H groups in total. The van der Waals surface area contributed by atoms with E-state index in [-0.39, 0.29) is 11.8 Å². The summed E-state index contributed by atoms with van der Waals surface area (Å²) >= 11 is 0. The van der Waals surface area contributed by atoms with Crippen molar-refractivity contribution in [2.24, 2.45) is 16.8 Å². The van der Waals surface area contributed by atoms with Gasteiger partial charge in [0.15, 0.2) is 11.5 Å². The van der Waals surface area contributed by atoms with Crippen LogP contribution in [0.1, 0.15) is 13.8 Å². The van der Waals surface area contributed by atoms with Crippen molar-refractivity contribution in [1.82, 2.24) is 4.90 Å². The van der Waals surface area contributed by atoms with Gasteiger partial charge in [0.1, 0.15) is 12.4 Å². The van der Waals surface area contributed by atoms with Crippen molar-refractivity contribution in [2.75, 3.05) is 33.4 Å². The fraction of sp³-hybridized carbons (Fsp3) is 0.533. The lowest BCUT2D eigenvalue weighted by Crippen LogP contribution is -2.37. The van der Waals surface area contributed by atoms with Gasteiger partial charge in [0.25, 0.3) is 0 Å². The maximum absolute atomic E-state index is 8.68. The van der Waals surface area contributed by atoms with Crippen LogP contribution in [0.4, 0.5) is 0 Å². The first-order valence-corrected chi connectivity index (χ1v) is 7.07. The monoisotopic (exact) mass is 295 g/mol. The van der Waals surface area contributed by atoms with Crippen LogP contribution >= 0.6 is 0 Å². The predicted octanol–water partition coefficient (Wildman–Crippen LogP) is 1.78. The van der Waals surface area contributed by atoms with E-state index in [1.807, 2.05) is 31.2 Å². The number of nitrogens with zero attached hydrogens (tertiary/aromatic N) is 2. The Hall–Kier alpha value is -1.95. The van der Waals surface area contributed by atoms with Gasteiger partial charge in [0, 0.05) is 19.0 Å². The van der Waals surface area contributed by atoms with Gasteiger partial charge in [-0.2, -0.15) is 0 Å². The van der Waals surface area contributed by atoms with E-state index in [1.54, 1.807) is 7.11 Å². The SMILES string of the molecule is CCN(CCOc1ccccc1OC)CC(C)C(N)=NO. The molecule has 118 valence electrons. The summed E-state index contributed by atoms with van der Waals surface area (Å²) in [7, 11) is 1.62. The molecule has 0 aliphatic rings. The highest BCUT2D eigenvalue weighted by Gasteiger charge is 2.13. The van der Waals surface area contributed by atoms with Gasteiger partial charge in [-0.25, -0.2) is 0 Å². The van der Waals surface area contributed by atoms with Gasteiger partial charge in [0.05, 0.1) is 7.11 Å². The molecule has 0 aromatic heterocycles. The number of para-hydroxylation sites is 2. The number of benzene rings is 1. The molecule has 0 amide bonds. The van der Waals surface area contributed by atoms with Crippen LogP contribution in [0, 0.1) is 5.92 Å². The Bertz CT molecular complexity index is 452. The molecular formula is C15H25N3O3. The van der Waals surface area contributed by atoms with Gasteiger partial charge >= 0.3 is 0 Å². The highest BCUT2D eigenvalue weighted by atomic mass is 16.5. The predicted molar refractivity (Wildman–Crippen MR) is 83.2 cm³/mol. The van der Waals surface area contributed by atoms with Crippen LogP contribution in [0.3, 0.4) is 0 Å². The summed E-state index contributed by atoms with van der Waals surface area (Å²) in [4.78, 5) is 2.19. The third kappa shape index (κ3) is 5.51. The molecule has 1 unspecified atom stereocenters. The second-order valence-corrected chi connectivity index (χ2v) is 4.82. The summed E-state index contributed by atoms with van der Waals surface area (Å²) in [6.07, 6.45) is 0. The molecule has 0 aliphatic heterocycles. The number of oxime groups is 1. The number of ether oxygens (including phenoxy) is 2. The first-order chi connectivity index (χ1) is 10.1. The van der Waals surface area contributed by atoms with E-state index in [2.05, 4.69) is 17.0 Å². The molecule has 0 spiro atoms. The number of methoxy groups -OCH3 is 1. The maximum atomic E-state index is 8.68. The Balaban J connectivity index is 2.45. The third-order valence-electron chi connectivity index (χ3n) is 3.33. The molecule has 1 aromatic carbocycles. The number of amidine groups is 1. The van der Waals surface area contributed by atoms with Gasteiger partial charge in [-0.1, -0.05) is 31.1 Å². The number of likely N-dealkylation sites (N-methyl/N-ethyl adjacent to an activating group) is 1. The lowest BCUT2D eigenvalue weighted by molar-refractivity contribution is 0.202. The summed E-state index contributed by atoms with van der Waals surface area (Å²) in [5, 5.41) is 11.7. The standard InChI is InChI=1S/C15H25N3O3/c1-4-18(11-12(2)15(16)17-19)9-10-21-14-8-6-5-7-13(14)20-3/h5-8,12,19H,4,9-11H2,1-3H3,(H2,16,17). The van der Waals surface area contributed by atoms with Crippen molar-refractivity contribution >= 4 is 5.84 Å². The normalized spacial score (nSPS) is 13.2. The quantitative estimate of drug-likeness (QED) is 0.314. The largest absolute Gasteiger partial charge is 0.493 e. The van der Waals surface area contributed by atoms with E-state index < -0.39 is 0 Å². The molecular weight excluding hydrogens is 270 g/mol. The van der Waals surface area contributed by atoms with Crippen LogP contribution in [0.5, 0.6) is 11.5 Å². The van der Waals surface area contributed by atoms with E-state index in [9.17, 15) is 0 Å². The van der Waals surface area contributed by atoms with E-state index in [1.165, 1.54) is 0 Å². The van der Waals surface area contributed by atoms with Crippen LogP contribution in [0.25, 0.3) is 0 Å². The molecule has 1 aromatic rings. The highest BCUT2D eigenvalue weighted by Crippen LogP contribution is 2.25. The van der Waals surface area contributed by atoms with E-state index in [4.69, 9.17) is 20.4 Å². The molecule has 0 aliphatic carbocycles. The second-order valence-electron chi connectivity index (χ2n) is 4.82. The minimum Gasteiger partial charge on any atom is -0.493 e. The topological polar surface area (TPSA) is 80.3 Å². The van der Waals surface area contributed by atoms with Crippen LogP contribution in [-0.2, 0) is 0 Å². The lowest BCUT2D eigenvalue weighted by atomic mass is 10.1. The Kier molecular flexibility index (Phi) is 7.39. The van der Waals surface area contributed by atoms with Crippen molar-refractivity contribution in [3.05, 3.63) is 24.3 Å². The minimum absolute atomic E-state index is 0.00112. The van der Waals surface area contributed by atoms with E-state index >= 15 is 0 Å². The van der Waals surface area contributed by atoms with Crippen molar-refractivity contribution in [1.29, 1.82) is 0 Å². The molecule has 21 heavy (non-hydrogen) atoms. The van der Waals surface area contributed by atoms with Crippen LogP contribution in [-0.4, -0.2) is 49.3 Å². The Morgan fingerprint density at radius 1 is 1.38 bits per heavy atom. The van der Waals surface area contributed by atoms with Crippen molar-refractivity contribution in [3.63, 3.8) is 0 Å². The summed E-state index contributed by atoms with van der Waals surface area (Å²) in [6, 6.07) is 7.57. The number of hydrogen-bond acceptors (Lipinski definition) is 5. The van der Waals surface area contributed by atoms with E-state index in [0.29, 0.717) is 6.61 Å². The molecule has 6 heteroatoms. The van der Waals surface area contributed by atoms with Gasteiger partial charge in [-0.15, -0.1) is 0 Å². The molecule has 0 saturated heterocycles. The van der Waals surface area contributed by atoms with Crippen molar-refractivity contribution in [3.8, 4) is 11.5 Å². The molecule has 0 fully saturated rings. The number of nitrogens with two attached hydrogens (primary N) is 1. The molecule has 0 radical (unpaired) electrons. The summed E-state index contributed by atoms with van der Waals surface area (Å²) in [5.41, 5.74) is 5.60. The zero-order valence-electron chi connectivity index (χ0n) is 13.0. The molecule has 0 heterocycles. The molecule has 1 atom stereocenters. The van der Waals surface area contributed by atoms with Crippen LogP contribution in [0.15, 0.2) is 29.4 Å². The summed E-state index contributed by atoms with van der Waals surface area (Å²) in [5.74, 6) is 1.71. The molecule has 0 bridgehead atoms. The molecule has 0 saturated carbocycles. The number of hydrogen-bond donors (Lipinski definition) is 2. The molecule has 1 rings (SSSR count). The third-order valence-corrected chi connectivity index (χ3v) is 3.33. The van der Waals surface area contributed by atoms with Crippen molar-refractivity contribution in [2.45, 2.75) is 13.8 Å². The lowest BCUT2D eigenvalue weighted by Gasteiger charge is -2.23. The second kappa shape index (κ2) is 9.07. The fourth-order valence-electron chi connectivity index (χ4n) is 1.98. The van der Waals surface area contributed by atoms with E-state index in [0.717, 1.165) is 31.1 Å². The van der Waals surface area contributed by atoms with Gasteiger partial charge in [-0.3, -0.25) is 4.90 Å². The van der Waals surface area contributed by atoms with Gasteiger partial charge in [0.2, 0.25) is 0 Å². The van der Waals surface area contributed by atoms with Crippen LogP contribution < -0.4 is 15.2 Å². The maximum Gasteiger partial charge on any atom is 0.161 e. The summed E-state index contributed by atoms with van der Waals surface area (Å²) < 4.78 is 11.0. The minimum atomic E-state index is 0.00112. The Labute approximate surface area is 126 Å². The Morgan fingerprint density at radius 2 is 2.05 bits per heavy atom. The average molecular weight is 295 g/mol. The first kappa shape index (κ1) is 17.1. The zero-order chi connectivity index (χ0) is 15.7. The summed E-state index contributed by atoms with van der Waals surface area (Å²) in [6.45, 7) is 6.91. The average Bonchev–Trinajstić information content (AvgIpc) is 2.53. The number of rotatable bonds is 9. The van der Waals surface area contributed by atoms with Crippen molar-refractivity contribution < 1.29 is 14.7 Å². The van der Waals surface area contributed by atoms with Gasteiger partial charge in [-0.05, 0) is 18.7 Å². The zero-order valence-corrected chi connectivity index (χ0v) is 13.0. The first-order valence-electron chi connectivity index (χ1n) is 7.07. The fourth-order valence-corrected chi connectivity index (χ4v) is 1.98.